The summed E-state index contributed by atoms with van der Waals surface area (Å²) in [6, 6.07) is 10.3. The van der Waals surface area contributed by atoms with Crippen molar-refractivity contribution in [3.05, 3.63) is 87.3 Å². The first kappa shape index (κ1) is 40.0. The number of benzene rings is 2. The second-order valence-corrected chi connectivity index (χ2v) is 17.7. The number of nitrogens with one attached hydrogen (secondary N) is 3. The third kappa shape index (κ3) is 12.1. The van der Waals surface area contributed by atoms with Gasteiger partial charge in [0, 0.05) is 19.2 Å². The van der Waals surface area contributed by atoms with Gasteiger partial charge in [0.2, 0.25) is 5.91 Å². The lowest BCUT2D eigenvalue weighted by molar-refractivity contribution is -0.123. The summed E-state index contributed by atoms with van der Waals surface area (Å²) in [5.74, 6) is -3.58. The van der Waals surface area contributed by atoms with Crippen LogP contribution >= 0.6 is 22.9 Å². The molecule has 3 atom stereocenters. The minimum atomic E-state index is -4.40. The van der Waals surface area contributed by atoms with Crippen LogP contribution in [-0.4, -0.2) is 63.6 Å². The van der Waals surface area contributed by atoms with Gasteiger partial charge < -0.3 is 15.7 Å². The average Bonchev–Trinajstić information content (AvgIpc) is 3.47. The fourth-order valence-corrected chi connectivity index (χ4v) is 10.3. The first-order valence-corrected chi connectivity index (χ1v) is 20.3. The highest BCUT2D eigenvalue weighted by molar-refractivity contribution is 7.92. The van der Waals surface area contributed by atoms with E-state index in [4.69, 9.17) is 11.6 Å². The van der Waals surface area contributed by atoms with Gasteiger partial charge in [0.05, 0.1) is 27.5 Å². The summed E-state index contributed by atoms with van der Waals surface area (Å²) in [6.07, 6.45) is 1.06. The van der Waals surface area contributed by atoms with Crippen LogP contribution in [0.25, 0.3) is 0 Å². The molecule has 0 aliphatic rings. The number of carbonyl (C=O) groups is 1. The number of aryl methyl sites for hydroxylation is 1. The highest BCUT2D eigenvalue weighted by Gasteiger charge is 2.36. The standard InChI is InChI=1S/C33H44ClF2N3O6S3/c1-4-8-27(9-5-2)47(42,43)21-29(39-48(44,45)32-13-12-31(34)46-32)33(41)38-28(17-24-15-25(35)18-26(36)16-24)30(40)20-37-19-23-11-7-10-22(6-3)14-23/h7,10-16,18,27-30,37,39-40H,4-6,8-9,17,19-21H2,1-3H3,(H,38,41)/t28-,29?,30+/m0/s1. The van der Waals surface area contributed by atoms with Crippen LogP contribution in [0.4, 0.5) is 8.78 Å². The van der Waals surface area contributed by atoms with E-state index in [1.165, 1.54) is 12.1 Å². The Balaban J connectivity index is 1.92. The molecule has 0 saturated carbocycles. The summed E-state index contributed by atoms with van der Waals surface area (Å²) in [4.78, 5) is 13.9. The Labute approximate surface area is 291 Å². The molecule has 1 unspecified atom stereocenters. The lowest BCUT2D eigenvalue weighted by Crippen LogP contribution is -2.56. The van der Waals surface area contributed by atoms with Crippen LogP contribution in [0.1, 0.15) is 63.1 Å². The Hall–Kier alpha value is -2.46. The highest BCUT2D eigenvalue weighted by Crippen LogP contribution is 2.26. The molecule has 4 N–H and O–H groups in total. The number of aliphatic hydroxyl groups excluding tert-OH is 1. The largest absolute Gasteiger partial charge is 0.390 e. The van der Waals surface area contributed by atoms with Crippen LogP contribution in [0.2, 0.25) is 4.34 Å². The molecule has 15 heteroatoms. The molecule has 0 spiro atoms. The number of sulfone groups is 1. The van der Waals surface area contributed by atoms with Gasteiger partial charge in [-0.2, -0.15) is 4.72 Å². The molecule has 0 bridgehead atoms. The number of sulfonamides is 1. The predicted octanol–water partition coefficient (Wildman–Crippen LogP) is 5.15. The fourth-order valence-electron chi connectivity index (χ4n) is 5.38. The fraction of sp³-hybridized carbons (Fsp3) is 0.485. The Kier molecular flexibility index (Phi) is 15.4. The zero-order valence-electron chi connectivity index (χ0n) is 27.2. The Morgan fingerprint density at radius 3 is 2.15 bits per heavy atom. The molecule has 266 valence electrons. The van der Waals surface area contributed by atoms with Crippen molar-refractivity contribution in [2.75, 3.05) is 12.3 Å². The molecule has 9 nitrogen and oxygen atoms in total. The van der Waals surface area contributed by atoms with Gasteiger partial charge in [-0.3, -0.25) is 4.79 Å². The zero-order valence-corrected chi connectivity index (χ0v) is 30.4. The second-order valence-electron chi connectivity index (χ2n) is 11.7. The second kappa shape index (κ2) is 18.5. The topological polar surface area (TPSA) is 142 Å². The van der Waals surface area contributed by atoms with E-state index in [9.17, 15) is 35.5 Å². The molecule has 1 heterocycles. The van der Waals surface area contributed by atoms with Crippen molar-refractivity contribution in [1.29, 1.82) is 0 Å². The molecule has 3 aromatic rings. The van der Waals surface area contributed by atoms with Gasteiger partial charge in [0.25, 0.3) is 10.0 Å². The third-order valence-corrected chi connectivity index (χ3v) is 13.3. The van der Waals surface area contributed by atoms with E-state index in [1.54, 1.807) is 0 Å². The Bertz CT molecular complexity index is 1700. The van der Waals surface area contributed by atoms with E-state index in [-0.39, 0.29) is 27.1 Å². The molecular weight excluding hydrogens is 704 g/mol. The molecule has 0 saturated heterocycles. The van der Waals surface area contributed by atoms with Gasteiger partial charge in [-0.1, -0.05) is 69.5 Å². The van der Waals surface area contributed by atoms with E-state index in [1.807, 2.05) is 45.0 Å². The summed E-state index contributed by atoms with van der Waals surface area (Å²) in [5.41, 5.74) is 2.20. The first-order chi connectivity index (χ1) is 22.7. The smallest absolute Gasteiger partial charge is 0.250 e. The normalized spacial score (nSPS) is 14.2. The van der Waals surface area contributed by atoms with Gasteiger partial charge in [-0.05, 0) is 66.6 Å². The van der Waals surface area contributed by atoms with Crippen LogP contribution in [0, 0.1) is 11.6 Å². The number of aliphatic hydroxyl groups is 1. The van der Waals surface area contributed by atoms with Crippen LogP contribution in [0.3, 0.4) is 0 Å². The minimum absolute atomic E-state index is 0.0590. The number of hydrogen-bond acceptors (Lipinski definition) is 8. The van der Waals surface area contributed by atoms with Crippen molar-refractivity contribution in [2.24, 2.45) is 0 Å². The van der Waals surface area contributed by atoms with Gasteiger partial charge in [0.1, 0.15) is 21.9 Å². The summed E-state index contributed by atoms with van der Waals surface area (Å²) in [6.45, 7) is 6.01. The van der Waals surface area contributed by atoms with Gasteiger partial charge in [-0.15, -0.1) is 11.3 Å². The molecule has 1 amide bonds. The van der Waals surface area contributed by atoms with Crippen molar-refractivity contribution in [3.8, 4) is 0 Å². The van der Waals surface area contributed by atoms with Crippen LogP contribution < -0.4 is 15.4 Å². The molecule has 2 aromatic carbocycles. The monoisotopic (exact) mass is 747 g/mol. The van der Waals surface area contributed by atoms with Gasteiger partial charge in [0.15, 0.2) is 9.84 Å². The van der Waals surface area contributed by atoms with Gasteiger partial charge in [-0.25, -0.2) is 25.6 Å². The average molecular weight is 748 g/mol. The molecule has 0 fully saturated rings. The highest BCUT2D eigenvalue weighted by atomic mass is 35.5. The van der Waals surface area contributed by atoms with E-state index in [2.05, 4.69) is 15.4 Å². The van der Waals surface area contributed by atoms with Crippen LogP contribution in [0.15, 0.2) is 58.8 Å². The molecule has 3 rings (SSSR count). The first-order valence-electron chi connectivity index (χ1n) is 15.9. The predicted molar refractivity (Wildman–Crippen MR) is 186 cm³/mol. The molecular formula is C33H44ClF2N3O6S3. The van der Waals surface area contributed by atoms with E-state index in [0.717, 1.165) is 41.0 Å². The number of carbonyl (C=O) groups excluding carboxylic acids is 1. The summed E-state index contributed by atoms with van der Waals surface area (Å²) in [7, 11) is -8.40. The number of hydrogen-bond donors (Lipinski definition) is 4. The minimum Gasteiger partial charge on any atom is -0.390 e. The summed E-state index contributed by atoms with van der Waals surface area (Å²) < 4.78 is 84.2. The molecule has 0 radical (unpaired) electrons. The summed E-state index contributed by atoms with van der Waals surface area (Å²) >= 11 is 6.68. The maximum atomic E-state index is 14.1. The van der Waals surface area contributed by atoms with Gasteiger partial charge >= 0.3 is 0 Å². The van der Waals surface area contributed by atoms with Crippen molar-refractivity contribution in [1.82, 2.24) is 15.4 Å². The lowest BCUT2D eigenvalue weighted by Gasteiger charge is -2.28. The lowest BCUT2D eigenvalue weighted by atomic mass is 10.00. The van der Waals surface area contributed by atoms with Crippen molar-refractivity contribution < 1.29 is 35.5 Å². The third-order valence-electron chi connectivity index (χ3n) is 7.81. The number of rotatable bonds is 20. The van der Waals surface area contributed by atoms with Crippen LogP contribution in [0.5, 0.6) is 0 Å². The number of halogens is 3. The van der Waals surface area contributed by atoms with E-state index in [0.29, 0.717) is 38.3 Å². The van der Waals surface area contributed by atoms with Crippen molar-refractivity contribution in [3.63, 3.8) is 0 Å². The summed E-state index contributed by atoms with van der Waals surface area (Å²) in [5, 5.41) is 16.2. The SMILES string of the molecule is CCCC(CCC)S(=O)(=O)CC(NS(=O)(=O)c1ccc(Cl)s1)C(=O)N[C@@H](Cc1cc(F)cc(F)c1)[C@H](O)CNCc1cccc(CC)c1. The van der Waals surface area contributed by atoms with E-state index >= 15 is 0 Å². The number of amides is 1. The number of thiophene rings is 1. The molecule has 0 aliphatic carbocycles. The van der Waals surface area contributed by atoms with Crippen molar-refractivity contribution in [2.45, 2.75) is 93.5 Å². The molecule has 48 heavy (non-hydrogen) atoms. The Morgan fingerprint density at radius 1 is 0.917 bits per heavy atom. The molecule has 0 aliphatic heterocycles. The maximum absolute atomic E-state index is 14.1. The maximum Gasteiger partial charge on any atom is 0.250 e. The zero-order chi connectivity index (χ0) is 35.5. The quantitative estimate of drug-likeness (QED) is 0.125. The Morgan fingerprint density at radius 2 is 1.56 bits per heavy atom. The van der Waals surface area contributed by atoms with Crippen LogP contribution in [-0.2, 0) is 44.0 Å². The van der Waals surface area contributed by atoms with E-state index < -0.39 is 66.6 Å². The van der Waals surface area contributed by atoms with Crippen molar-refractivity contribution >= 4 is 48.7 Å². The molecule has 1 aromatic heterocycles.